The Labute approximate surface area is 159 Å². The molecule has 1 saturated heterocycles. The van der Waals surface area contributed by atoms with Gasteiger partial charge in [-0.2, -0.15) is 0 Å². The molecule has 1 aliphatic heterocycles. The first kappa shape index (κ1) is 20.7. The van der Waals surface area contributed by atoms with Gasteiger partial charge in [0.1, 0.15) is 0 Å². The minimum Gasteiger partial charge on any atom is -0.357 e. The Balaban J connectivity index is 1.75. The molecule has 1 aromatic carbocycles. The zero-order chi connectivity index (χ0) is 18.6. The zero-order valence-corrected chi connectivity index (χ0v) is 16.9. The van der Waals surface area contributed by atoms with E-state index in [4.69, 9.17) is 4.99 Å². The van der Waals surface area contributed by atoms with Crippen molar-refractivity contribution in [3.8, 4) is 0 Å². The monoisotopic (exact) mass is 359 g/mol. The van der Waals surface area contributed by atoms with Crippen molar-refractivity contribution in [3.05, 3.63) is 35.9 Å². The molecule has 5 heteroatoms. The first-order chi connectivity index (χ1) is 12.7. The van der Waals surface area contributed by atoms with E-state index in [-0.39, 0.29) is 0 Å². The molecule has 1 aliphatic rings. The Morgan fingerprint density at radius 2 is 1.81 bits per heavy atom. The minimum absolute atomic E-state index is 0.522. The van der Waals surface area contributed by atoms with Crippen LogP contribution in [0.3, 0.4) is 0 Å². The van der Waals surface area contributed by atoms with Gasteiger partial charge in [0.05, 0.1) is 6.54 Å². The van der Waals surface area contributed by atoms with E-state index >= 15 is 0 Å². The third-order valence-electron chi connectivity index (χ3n) is 5.10. The Kier molecular flexibility index (Phi) is 9.50. The molecule has 0 spiro atoms. The molecule has 1 fully saturated rings. The lowest BCUT2D eigenvalue weighted by Gasteiger charge is -2.33. The minimum atomic E-state index is 0.522. The fourth-order valence-electron chi connectivity index (χ4n) is 3.43. The summed E-state index contributed by atoms with van der Waals surface area (Å²) in [5.74, 6) is 0.973. The lowest BCUT2D eigenvalue weighted by molar-refractivity contribution is 0.198. The van der Waals surface area contributed by atoms with Gasteiger partial charge >= 0.3 is 0 Å². The van der Waals surface area contributed by atoms with Crippen molar-refractivity contribution >= 4 is 5.96 Å². The second-order valence-corrected chi connectivity index (χ2v) is 6.97. The van der Waals surface area contributed by atoms with E-state index in [2.05, 4.69) is 71.5 Å². The highest BCUT2D eigenvalue weighted by Gasteiger charge is 2.20. The molecule has 1 aromatic rings. The molecule has 0 aromatic heterocycles. The van der Waals surface area contributed by atoms with Crippen molar-refractivity contribution in [1.82, 2.24) is 20.4 Å². The molecule has 5 nitrogen and oxygen atoms in total. The van der Waals surface area contributed by atoms with Crippen LogP contribution in [0, 0.1) is 0 Å². The average molecular weight is 360 g/mol. The molecule has 146 valence electrons. The number of guanidine groups is 1. The van der Waals surface area contributed by atoms with Crippen LogP contribution in [0.1, 0.15) is 39.2 Å². The number of nitrogens with one attached hydrogen (secondary N) is 2. The van der Waals surface area contributed by atoms with Gasteiger partial charge in [-0.1, -0.05) is 44.2 Å². The Bertz CT molecular complexity index is 504. The fourth-order valence-corrected chi connectivity index (χ4v) is 3.43. The molecule has 0 saturated carbocycles. The summed E-state index contributed by atoms with van der Waals surface area (Å²) in [5, 5.41) is 7.04. The summed E-state index contributed by atoms with van der Waals surface area (Å²) in [7, 11) is 0. The fraction of sp³-hybridized carbons (Fsp3) is 0.667. The van der Waals surface area contributed by atoms with Gasteiger partial charge in [0.2, 0.25) is 0 Å². The van der Waals surface area contributed by atoms with E-state index in [0.29, 0.717) is 6.04 Å². The lowest BCUT2D eigenvalue weighted by atomic mass is 10.0. The quantitative estimate of drug-likeness (QED) is 0.525. The molecule has 2 rings (SSSR count). The standard InChI is InChI=1S/C21H37N5/c1-4-22-21(23-14-17-25(5-2)6-3)24-20-12-15-26(16-13-20)18-19-10-8-7-9-11-19/h7-11,20H,4-6,12-18H2,1-3H3,(H2,22,23,24). The van der Waals surface area contributed by atoms with Gasteiger partial charge in [0.15, 0.2) is 5.96 Å². The van der Waals surface area contributed by atoms with Gasteiger partial charge in [-0.3, -0.25) is 9.89 Å². The van der Waals surface area contributed by atoms with E-state index in [9.17, 15) is 0 Å². The Morgan fingerprint density at radius 3 is 2.42 bits per heavy atom. The maximum absolute atomic E-state index is 4.77. The van der Waals surface area contributed by atoms with Crippen LogP contribution in [0.4, 0.5) is 0 Å². The molecule has 26 heavy (non-hydrogen) atoms. The summed E-state index contributed by atoms with van der Waals surface area (Å²) in [6.45, 7) is 14.9. The van der Waals surface area contributed by atoms with Crippen molar-refractivity contribution in [3.63, 3.8) is 0 Å². The van der Waals surface area contributed by atoms with E-state index in [1.54, 1.807) is 0 Å². The van der Waals surface area contributed by atoms with Crippen LogP contribution in [-0.2, 0) is 6.54 Å². The maximum atomic E-state index is 4.77. The second kappa shape index (κ2) is 11.9. The summed E-state index contributed by atoms with van der Waals surface area (Å²) < 4.78 is 0. The molecule has 2 N–H and O–H groups in total. The summed E-state index contributed by atoms with van der Waals surface area (Å²) in [4.78, 5) is 9.73. The predicted octanol–water partition coefficient (Wildman–Crippen LogP) is 2.55. The SMILES string of the molecule is CCNC(=NCCN(CC)CC)NC1CCN(Cc2ccccc2)CC1. The first-order valence-electron chi connectivity index (χ1n) is 10.3. The zero-order valence-electron chi connectivity index (χ0n) is 16.9. The van der Waals surface area contributed by atoms with Crippen LogP contribution in [0.25, 0.3) is 0 Å². The number of benzene rings is 1. The van der Waals surface area contributed by atoms with E-state index in [1.807, 2.05) is 0 Å². The highest BCUT2D eigenvalue weighted by molar-refractivity contribution is 5.80. The van der Waals surface area contributed by atoms with Crippen LogP contribution in [0.5, 0.6) is 0 Å². The summed E-state index contributed by atoms with van der Waals surface area (Å²) in [6.07, 6.45) is 2.35. The van der Waals surface area contributed by atoms with Gasteiger partial charge < -0.3 is 15.5 Å². The topological polar surface area (TPSA) is 42.9 Å². The number of nitrogens with zero attached hydrogens (tertiary/aromatic N) is 3. The Morgan fingerprint density at radius 1 is 1.12 bits per heavy atom. The highest BCUT2D eigenvalue weighted by atomic mass is 15.2. The lowest BCUT2D eigenvalue weighted by Crippen LogP contribution is -2.48. The molecule has 0 radical (unpaired) electrons. The summed E-state index contributed by atoms with van der Waals surface area (Å²) in [5.41, 5.74) is 1.41. The molecular formula is C21H37N5. The van der Waals surface area contributed by atoms with Crippen molar-refractivity contribution in [2.45, 2.75) is 46.2 Å². The number of piperidine rings is 1. The van der Waals surface area contributed by atoms with Crippen molar-refractivity contribution in [2.75, 3.05) is 45.8 Å². The number of aliphatic imine (C=N–C) groups is 1. The molecule has 0 amide bonds. The highest BCUT2D eigenvalue weighted by Crippen LogP contribution is 2.13. The Hall–Kier alpha value is -1.59. The van der Waals surface area contributed by atoms with Crippen LogP contribution >= 0.6 is 0 Å². The molecule has 0 aliphatic carbocycles. The van der Waals surface area contributed by atoms with Crippen molar-refractivity contribution < 1.29 is 0 Å². The van der Waals surface area contributed by atoms with Crippen molar-refractivity contribution in [1.29, 1.82) is 0 Å². The number of rotatable bonds is 9. The van der Waals surface area contributed by atoms with Gasteiger partial charge in [0, 0.05) is 38.8 Å². The summed E-state index contributed by atoms with van der Waals surface area (Å²) >= 11 is 0. The van der Waals surface area contributed by atoms with E-state index in [0.717, 1.165) is 58.3 Å². The van der Waals surface area contributed by atoms with Crippen LogP contribution < -0.4 is 10.6 Å². The molecule has 0 bridgehead atoms. The maximum Gasteiger partial charge on any atom is 0.191 e. The third-order valence-corrected chi connectivity index (χ3v) is 5.10. The van der Waals surface area contributed by atoms with Crippen molar-refractivity contribution in [2.24, 2.45) is 4.99 Å². The molecule has 0 atom stereocenters. The van der Waals surface area contributed by atoms with Gasteiger partial charge in [-0.15, -0.1) is 0 Å². The smallest absolute Gasteiger partial charge is 0.191 e. The van der Waals surface area contributed by atoms with Gasteiger partial charge in [-0.25, -0.2) is 0 Å². The number of hydrogen-bond donors (Lipinski definition) is 2. The predicted molar refractivity (Wildman–Crippen MR) is 112 cm³/mol. The molecular weight excluding hydrogens is 322 g/mol. The van der Waals surface area contributed by atoms with Gasteiger partial charge in [-0.05, 0) is 38.4 Å². The third kappa shape index (κ3) is 7.34. The number of hydrogen-bond acceptors (Lipinski definition) is 3. The van der Waals surface area contributed by atoms with Gasteiger partial charge in [0.25, 0.3) is 0 Å². The normalized spacial score (nSPS) is 16.8. The average Bonchev–Trinajstić information content (AvgIpc) is 2.68. The van der Waals surface area contributed by atoms with Crippen LogP contribution in [0.2, 0.25) is 0 Å². The molecule has 0 unspecified atom stereocenters. The number of likely N-dealkylation sites (tertiary alicyclic amines) is 1. The number of likely N-dealkylation sites (N-methyl/N-ethyl adjacent to an activating group) is 1. The van der Waals surface area contributed by atoms with Crippen LogP contribution in [-0.4, -0.2) is 67.6 Å². The van der Waals surface area contributed by atoms with E-state index < -0.39 is 0 Å². The second-order valence-electron chi connectivity index (χ2n) is 6.97. The van der Waals surface area contributed by atoms with E-state index in [1.165, 1.54) is 18.4 Å². The largest absolute Gasteiger partial charge is 0.357 e. The van der Waals surface area contributed by atoms with Crippen LogP contribution in [0.15, 0.2) is 35.3 Å². The molecule has 1 heterocycles. The summed E-state index contributed by atoms with van der Waals surface area (Å²) in [6, 6.07) is 11.3. The first-order valence-corrected chi connectivity index (χ1v) is 10.3.